The molecule has 0 amide bonds. The minimum atomic E-state index is -0.0549. The van der Waals surface area contributed by atoms with Crippen LogP contribution in [0.25, 0.3) is 11.0 Å². The zero-order valence-electron chi connectivity index (χ0n) is 9.52. The van der Waals surface area contributed by atoms with E-state index < -0.39 is 0 Å². The predicted octanol–water partition coefficient (Wildman–Crippen LogP) is 1.56. The zero-order valence-corrected chi connectivity index (χ0v) is 10.3. The van der Waals surface area contributed by atoms with Crippen LogP contribution in [0.2, 0.25) is 0 Å². The van der Waals surface area contributed by atoms with Crippen LogP contribution in [0.1, 0.15) is 25.7 Å². The Morgan fingerprint density at radius 3 is 2.94 bits per heavy atom. The number of thioether (sulfide) groups is 1. The Balaban J connectivity index is 2.58. The molecule has 0 aromatic carbocycles. The highest BCUT2D eigenvalue weighted by Crippen LogP contribution is 2.09. The van der Waals surface area contributed by atoms with Gasteiger partial charge in [0, 0.05) is 12.2 Å². The first-order valence-electron chi connectivity index (χ1n) is 5.08. The van der Waals surface area contributed by atoms with Gasteiger partial charge in [0.15, 0.2) is 5.65 Å². The average molecular weight is 238 g/mol. The first kappa shape index (κ1) is 11.2. The van der Waals surface area contributed by atoms with Crippen molar-refractivity contribution in [3.8, 4) is 0 Å². The molecular formula is C10H14N4OS. The van der Waals surface area contributed by atoms with Crippen molar-refractivity contribution in [3.05, 3.63) is 22.4 Å². The van der Waals surface area contributed by atoms with Gasteiger partial charge in [-0.2, -0.15) is 11.8 Å². The lowest BCUT2D eigenvalue weighted by Crippen LogP contribution is -2.18. The molecule has 1 N–H and O–H groups in total. The molecule has 0 radical (unpaired) electrons. The number of aromatic amines is 1. The van der Waals surface area contributed by atoms with Crippen molar-refractivity contribution in [1.29, 1.82) is 0 Å². The molecule has 0 bridgehead atoms. The molecule has 0 saturated carbocycles. The maximum Gasteiger partial charge on any atom is 0.277 e. The molecule has 86 valence electrons. The van der Waals surface area contributed by atoms with Crippen LogP contribution >= 0.6 is 11.8 Å². The van der Waals surface area contributed by atoms with Crippen molar-refractivity contribution >= 4 is 22.8 Å². The Bertz CT molecular complexity index is 557. The Labute approximate surface area is 97.3 Å². The monoisotopic (exact) mass is 238 g/mol. The Hall–Kier alpha value is -1.30. The van der Waals surface area contributed by atoms with E-state index in [-0.39, 0.29) is 11.6 Å². The second-order valence-electron chi connectivity index (χ2n) is 3.86. The van der Waals surface area contributed by atoms with E-state index in [1.165, 1.54) is 0 Å². The standard InChI is InChI=1S/C10H14N4OS/c1-6(2)14-10(15)7-4-11-8(5-16-3)12-9(7)13-14/h4,6H,5H2,1-3H3,(H,11,12,13). The summed E-state index contributed by atoms with van der Waals surface area (Å²) in [6.07, 6.45) is 3.60. The largest absolute Gasteiger partial charge is 0.278 e. The molecule has 0 aliphatic rings. The molecule has 0 atom stereocenters. The van der Waals surface area contributed by atoms with Crippen molar-refractivity contribution in [2.45, 2.75) is 25.6 Å². The summed E-state index contributed by atoms with van der Waals surface area (Å²) in [7, 11) is 0. The average Bonchev–Trinajstić information content (AvgIpc) is 2.56. The molecule has 2 aromatic heterocycles. The van der Waals surface area contributed by atoms with Gasteiger partial charge in [0.1, 0.15) is 11.2 Å². The number of rotatable bonds is 3. The van der Waals surface area contributed by atoms with Gasteiger partial charge in [0.2, 0.25) is 0 Å². The van der Waals surface area contributed by atoms with E-state index >= 15 is 0 Å². The SMILES string of the molecule is CSCc1ncc2c(=O)n(C(C)C)[nH]c2n1. The lowest BCUT2D eigenvalue weighted by molar-refractivity contribution is 0.521. The molecule has 0 saturated heterocycles. The summed E-state index contributed by atoms with van der Waals surface area (Å²) in [5.74, 6) is 1.50. The van der Waals surface area contributed by atoms with Crippen LogP contribution in [0.4, 0.5) is 0 Å². The number of nitrogens with zero attached hydrogens (tertiary/aromatic N) is 3. The number of hydrogen-bond donors (Lipinski definition) is 1. The van der Waals surface area contributed by atoms with Gasteiger partial charge in [-0.25, -0.2) is 14.6 Å². The van der Waals surface area contributed by atoms with Crippen LogP contribution in [-0.4, -0.2) is 26.0 Å². The van der Waals surface area contributed by atoms with Crippen molar-refractivity contribution in [1.82, 2.24) is 19.7 Å². The van der Waals surface area contributed by atoms with Crippen LogP contribution in [0.5, 0.6) is 0 Å². The molecule has 5 nitrogen and oxygen atoms in total. The number of nitrogens with one attached hydrogen (secondary N) is 1. The van der Waals surface area contributed by atoms with Gasteiger partial charge in [-0.05, 0) is 20.1 Å². The van der Waals surface area contributed by atoms with Gasteiger partial charge in [-0.3, -0.25) is 9.89 Å². The summed E-state index contributed by atoms with van der Waals surface area (Å²) >= 11 is 1.66. The molecular weight excluding hydrogens is 224 g/mol. The second-order valence-corrected chi connectivity index (χ2v) is 4.73. The van der Waals surface area contributed by atoms with Crippen LogP contribution in [0.15, 0.2) is 11.0 Å². The summed E-state index contributed by atoms with van der Waals surface area (Å²) in [5.41, 5.74) is 0.568. The van der Waals surface area contributed by atoms with Crippen LogP contribution < -0.4 is 5.56 Å². The van der Waals surface area contributed by atoms with E-state index in [9.17, 15) is 4.79 Å². The maximum absolute atomic E-state index is 11.9. The first-order valence-corrected chi connectivity index (χ1v) is 6.48. The second kappa shape index (κ2) is 4.29. The fourth-order valence-corrected chi connectivity index (χ4v) is 1.91. The highest BCUT2D eigenvalue weighted by Gasteiger charge is 2.10. The summed E-state index contributed by atoms with van der Waals surface area (Å²) in [4.78, 5) is 20.4. The number of hydrogen-bond acceptors (Lipinski definition) is 4. The fraction of sp³-hybridized carbons (Fsp3) is 0.500. The molecule has 0 aliphatic carbocycles. The van der Waals surface area contributed by atoms with Crippen molar-refractivity contribution < 1.29 is 0 Å². The lowest BCUT2D eigenvalue weighted by Gasteiger charge is -2.02. The molecule has 16 heavy (non-hydrogen) atoms. The normalized spacial score (nSPS) is 11.5. The third-order valence-corrected chi connectivity index (χ3v) is 2.85. The van der Waals surface area contributed by atoms with E-state index in [0.717, 1.165) is 11.6 Å². The smallest absolute Gasteiger partial charge is 0.277 e. The molecule has 6 heteroatoms. The van der Waals surface area contributed by atoms with Gasteiger partial charge in [-0.15, -0.1) is 0 Å². The van der Waals surface area contributed by atoms with Crippen LogP contribution in [0.3, 0.4) is 0 Å². The number of fused-ring (bicyclic) bond motifs is 1. The van der Waals surface area contributed by atoms with Crippen LogP contribution in [0, 0.1) is 0 Å². The van der Waals surface area contributed by atoms with Gasteiger partial charge in [0.25, 0.3) is 5.56 Å². The molecule has 0 fully saturated rings. The van der Waals surface area contributed by atoms with E-state index in [4.69, 9.17) is 0 Å². The third-order valence-electron chi connectivity index (χ3n) is 2.30. The highest BCUT2D eigenvalue weighted by molar-refractivity contribution is 7.97. The van der Waals surface area contributed by atoms with E-state index in [2.05, 4.69) is 15.1 Å². The molecule has 0 spiro atoms. The topological polar surface area (TPSA) is 63.6 Å². The summed E-state index contributed by atoms with van der Waals surface area (Å²) in [6.45, 7) is 3.90. The highest BCUT2D eigenvalue weighted by atomic mass is 32.2. The van der Waals surface area contributed by atoms with E-state index in [1.807, 2.05) is 20.1 Å². The summed E-state index contributed by atoms with van der Waals surface area (Å²) in [5, 5.41) is 3.56. The number of H-pyrrole nitrogens is 1. The van der Waals surface area contributed by atoms with Crippen molar-refractivity contribution in [2.75, 3.05) is 6.26 Å². The lowest BCUT2D eigenvalue weighted by atomic mass is 10.4. The predicted molar refractivity (Wildman–Crippen MR) is 65.8 cm³/mol. The van der Waals surface area contributed by atoms with Gasteiger partial charge in [-0.1, -0.05) is 0 Å². The Morgan fingerprint density at radius 2 is 2.31 bits per heavy atom. The quantitative estimate of drug-likeness (QED) is 0.881. The Morgan fingerprint density at radius 1 is 1.56 bits per heavy atom. The molecule has 2 heterocycles. The maximum atomic E-state index is 11.9. The number of aromatic nitrogens is 4. The van der Waals surface area contributed by atoms with Crippen LogP contribution in [-0.2, 0) is 5.75 Å². The first-order chi connectivity index (χ1) is 7.63. The zero-order chi connectivity index (χ0) is 11.7. The molecule has 2 aromatic rings. The molecule has 2 rings (SSSR count). The van der Waals surface area contributed by atoms with Crippen molar-refractivity contribution in [2.24, 2.45) is 0 Å². The van der Waals surface area contributed by atoms with Gasteiger partial charge < -0.3 is 0 Å². The summed E-state index contributed by atoms with van der Waals surface area (Å²) in [6, 6.07) is 0.103. The fourth-order valence-electron chi connectivity index (χ4n) is 1.52. The van der Waals surface area contributed by atoms with E-state index in [1.54, 1.807) is 22.6 Å². The molecule has 0 unspecified atom stereocenters. The van der Waals surface area contributed by atoms with Gasteiger partial charge in [0.05, 0.1) is 5.75 Å². The van der Waals surface area contributed by atoms with E-state index in [0.29, 0.717) is 11.0 Å². The third kappa shape index (κ3) is 1.84. The Kier molecular flexibility index (Phi) is 3.00. The minimum Gasteiger partial charge on any atom is -0.278 e. The summed E-state index contributed by atoms with van der Waals surface area (Å²) < 4.78 is 1.57. The minimum absolute atomic E-state index is 0.0549. The van der Waals surface area contributed by atoms with Crippen molar-refractivity contribution in [3.63, 3.8) is 0 Å². The molecule has 0 aliphatic heterocycles. The van der Waals surface area contributed by atoms with Gasteiger partial charge >= 0.3 is 0 Å².